The van der Waals surface area contributed by atoms with Crippen molar-refractivity contribution in [3.05, 3.63) is 17.9 Å². The van der Waals surface area contributed by atoms with Crippen LogP contribution in [0.1, 0.15) is 39.0 Å². The third-order valence-corrected chi connectivity index (χ3v) is 4.78. The van der Waals surface area contributed by atoms with Crippen LogP contribution < -0.4 is 10.5 Å². The molecule has 19 heavy (non-hydrogen) atoms. The molecular formula is C15H22FNOS. The van der Waals surface area contributed by atoms with Crippen molar-refractivity contribution in [2.45, 2.75) is 43.9 Å². The van der Waals surface area contributed by atoms with Crippen LogP contribution in [0.5, 0.6) is 5.75 Å². The summed E-state index contributed by atoms with van der Waals surface area (Å²) in [6.07, 6.45) is 6.18. The van der Waals surface area contributed by atoms with E-state index >= 15 is 0 Å². The Morgan fingerprint density at radius 3 is 2.79 bits per heavy atom. The number of thioether (sulfide) groups is 1. The zero-order valence-electron chi connectivity index (χ0n) is 11.5. The predicted octanol–water partition coefficient (Wildman–Crippen LogP) is 4.48. The van der Waals surface area contributed by atoms with Crippen LogP contribution in [0, 0.1) is 11.7 Å². The summed E-state index contributed by atoms with van der Waals surface area (Å²) in [5.41, 5.74) is 6.41. The fourth-order valence-corrected chi connectivity index (χ4v) is 3.55. The number of rotatable bonds is 6. The summed E-state index contributed by atoms with van der Waals surface area (Å²) in [4.78, 5) is 0.944. The van der Waals surface area contributed by atoms with Crippen molar-refractivity contribution in [2.75, 3.05) is 18.1 Å². The van der Waals surface area contributed by atoms with Gasteiger partial charge in [0.05, 0.1) is 6.61 Å². The van der Waals surface area contributed by atoms with Crippen molar-refractivity contribution in [1.29, 1.82) is 0 Å². The number of halogens is 1. The molecule has 1 saturated carbocycles. The van der Waals surface area contributed by atoms with Gasteiger partial charge in [-0.05, 0) is 31.2 Å². The molecule has 0 aromatic heterocycles. The molecule has 4 heteroatoms. The highest BCUT2D eigenvalue weighted by atomic mass is 32.2. The van der Waals surface area contributed by atoms with Crippen LogP contribution in [0.4, 0.5) is 10.1 Å². The van der Waals surface area contributed by atoms with Gasteiger partial charge in [0.25, 0.3) is 0 Å². The Bertz CT molecular complexity index is 419. The molecule has 0 atom stereocenters. The van der Waals surface area contributed by atoms with E-state index in [0.717, 1.165) is 23.0 Å². The van der Waals surface area contributed by atoms with Crippen molar-refractivity contribution in [3.8, 4) is 5.75 Å². The molecule has 0 unspecified atom stereocenters. The first kappa shape index (κ1) is 14.5. The summed E-state index contributed by atoms with van der Waals surface area (Å²) < 4.78 is 19.1. The van der Waals surface area contributed by atoms with Crippen LogP contribution in [-0.4, -0.2) is 12.4 Å². The van der Waals surface area contributed by atoms with Crippen LogP contribution >= 0.6 is 11.8 Å². The van der Waals surface area contributed by atoms with Gasteiger partial charge in [-0.1, -0.05) is 19.8 Å². The molecule has 2 N–H and O–H groups in total. The standard InChI is InChI=1S/C15H22FNOS/c1-2-7-18-14-9-15(13(17)8-12(14)16)19-10-11-5-3-4-6-11/h8-9,11H,2-7,10,17H2,1H3. The normalized spacial score (nSPS) is 15.9. The maximum absolute atomic E-state index is 13.7. The molecule has 2 nitrogen and oxygen atoms in total. The Labute approximate surface area is 118 Å². The monoisotopic (exact) mass is 283 g/mol. The number of benzene rings is 1. The zero-order chi connectivity index (χ0) is 13.7. The molecule has 106 valence electrons. The Morgan fingerprint density at radius 2 is 2.11 bits per heavy atom. The number of hydrogen-bond donors (Lipinski definition) is 1. The summed E-state index contributed by atoms with van der Waals surface area (Å²) in [5, 5.41) is 0. The van der Waals surface area contributed by atoms with Gasteiger partial charge in [-0.15, -0.1) is 11.8 Å². The van der Waals surface area contributed by atoms with Crippen LogP contribution in [0.15, 0.2) is 17.0 Å². The molecule has 0 heterocycles. The third kappa shape index (κ3) is 4.03. The van der Waals surface area contributed by atoms with Crippen LogP contribution in [0.3, 0.4) is 0 Å². The minimum Gasteiger partial charge on any atom is -0.490 e. The maximum Gasteiger partial charge on any atom is 0.167 e. The van der Waals surface area contributed by atoms with E-state index < -0.39 is 0 Å². The molecular weight excluding hydrogens is 261 g/mol. The first-order valence-corrected chi connectivity index (χ1v) is 8.04. The molecule has 0 amide bonds. The minimum absolute atomic E-state index is 0.324. The Hall–Kier alpha value is -0.900. The van der Waals surface area contributed by atoms with Gasteiger partial charge in [-0.2, -0.15) is 0 Å². The zero-order valence-corrected chi connectivity index (χ0v) is 12.3. The van der Waals surface area contributed by atoms with Crippen LogP contribution in [0.25, 0.3) is 0 Å². The van der Waals surface area contributed by atoms with Gasteiger partial charge in [-0.3, -0.25) is 0 Å². The predicted molar refractivity (Wildman–Crippen MR) is 79.3 cm³/mol. The second-order valence-electron chi connectivity index (χ2n) is 5.13. The summed E-state index contributed by atoms with van der Waals surface area (Å²) in [5.74, 6) is 1.82. The number of nitrogens with two attached hydrogens (primary N) is 1. The molecule has 0 aliphatic heterocycles. The largest absolute Gasteiger partial charge is 0.490 e. The summed E-state index contributed by atoms with van der Waals surface area (Å²) in [6, 6.07) is 3.13. The quantitative estimate of drug-likeness (QED) is 0.617. The second kappa shape index (κ2) is 7.04. The third-order valence-electron chi connectivity index (χ3n) is 3.48. The van der Waals surface area contributed by atoms with E-state index in [-0.39, 0.29) is 5.82 Å². The molecule has 1 aromatic rings. The van der Waals surface area contributed by atoms with Gasteiger partial charge in [0.15, 0.2) is 11.6 Å². The average Bonchev–Trinajstić information content (AvgIpc) is 2.90. The topological polar surface area (TPSA) is 35.2 Å². The van der Waals surface area contributed by atoms with E-state index in [2.05, 4.69) is 0 Å². The number of hydrogen-bond acceptors (Lipinski definition) is 3. The smallest absolute Gasteiger partial charge is 0.167 e. The Morgan fingerprint density at radius 1 is 1.37 bits per heavy atom. The van der Waals surface area contributed by atoms with E-state index in [1.165, 1.54) is 31.7 Å². The highest BCUT2D eigenvalue weighted by molar-refractivity contribution is 7.99. The average molecular weight is 283 g/mol. The van der Waals surface area contributed by atoms with Gasteiger partial charge in [0, 0.05) is 22.4 Å². The van der Waals surface area contributed by atoms with Crippen LogP contribution in [-0.2, 0) is 0 Å². The SMILES string of the molecule is CCCOc1cc(SCC2CCCC2)c(N)cc1F. The van der Waals surface area contributed by atoms with Gasteiger partial charge < -0.3 is 10.5 Å². The molecule has 0 saturated heterocycles. The summed E-state index contributed by atoms with van der Waals surface area (Å²) in [7, 11) is 0. The summed E-state index contributed by atoms with van der Waals surface area (Å²) >= 11 is 1.73. The van der Waals surface area contributed by atoms with E-state index in [1.54, 1.807) is 17.8 Å². The second-order valence-corrected chi connectivity index (χ2v) is 6.19. The van der Waals surface area contributed by atoms with Gasteiger partial charge >= 0.3 is 0 Å². The Kier molecular flexibility index (Phi) is 5.37. The molecule has 1 aromatic carbocycles. The lowest BCUT2D eigenvalue weighted by Crippen LogP contribution is -2.01. The molecule has 0 spiro atoms. The van der Waals surface area contributed by atoms with Gasteiger partial charge in [0.2, 0.25) is 0 Å². The van der Waals surface area contributed by atoms with Crippen LogP contribution in [0.2, 0.25) is 0 Å². The molecule has 1 aliphatic carbocycles. The lowest BCUT2D eigenvalue weighted by atomic mass is 10.1. The van der Waals surface area contributed by atoms with E-state index in [0.29, 0.717) is 18.0 Å². The maximum atomic E-state index is 13.7. The molecule has 1 aliphatic rings. The lowest BCUT2D eigenvalue weighted by molar-refractivity contribution is 0.300. The summed E-state index contributed by atoms with van der Waals surface area (Å²) in [6.45, 7) is 2.54. The van der Waals surface area contributed by atoms with E-state index in [1.807, 2.05) is 6.92 Å². The molecule has 0 radical (unpaired) electrons. The number of nitrogen functional groups attached to an aromatic ring is 1. The minimum atomic E-state index is -0.365. The first-order chi connectivity index (χ1) is 9.20. The highest BCUT2D eigenvalue weighted by Gasteiger charge is 2.16. The van der Waals surface area contributed by atoms with Gasteiger partial charge in [0.1, 0.15) is 0 Å². The van der Waals surface area contributed by atoms with E-state index in [9.17, 15) is 4.39 Å². The molecule has 2 rings (SSSR count). The molecule has 1 fully saturated rings. The fourth-order valence-electron chi connectivity index (χ4n) is 2.38. The van der Waals surface area contributed by atoms with Crippen molar-refractivity contribution in [3.63, 3.8) is 0 Å². The number of ether oxygens (including phenoxy) is 1. The van der Waals surface area contributed by atoms with Crippen molar-refractivity contribution in [1.82, 2.24) is 0 Å². The molecule has 0 bridgehead atoms. The van der Waals surface area contributed by atoms with Crippen molar-refractivity contribution in [2.24, 2.45) is 5.92 Å². The lowest BCUT2D eigenvalue weighted by Gasteiger charge is -2.13. The van der Waals surface area contributed by atoms with Crippen molar-refractivity contribution < 1.29 is 9.13 Å². The Balaban J connectivity index is 2.01. The highest BCUT2D eigenvalue weighted by Crippen LogP contribution is 2.36. The fraction of sp³-hybridized carbons (Fsp3) is 0.600. The first-order valence-electron chi connectivity index (χ1n) is 7.05. The number of anilines is 1. The van der Waals surface area contributed by atoms with E-state index in [4.69, 9.17) is 10.5 Å². The van der Waals surface area contributed by atoms with Gasteiger partial charge in [-0.25, -0.2) is 4.39 Å². The van der Waals surface area contributed by atoms with Crippen molar-refractivity contribution >= 4 is 17.4 Å².